The molecule has 1 fully saturated rings. The number of carbonyl (C=O) groups excluding carboxylic acids is 3. The molecule has 2 heterocycles. The highest BCUT2D eigenvalue weighted by Gasteiger charge is 2.32. The van der Waals surface area contributed by atoms with E-state index < -0.39 is 18.0 Å². The van der Waals surface area contributed by atoms with Crippen molar-refractivity contribution in [1.29, 1.82) is 0 Å². The van der Waals surface area contributed by atoms with Crippen molar-refractivity contribution >= 4 is 23.6 Å². The number of aromatic nitrogens is 1. The molecule has 0 saturated carbocycles. The van der Waals surface area contributed by atoms with Crippen molar-refractivity contribution in [2.45, 2.75) is 32.0 Å². The summed E-state index contributed by atoms with van der Waals surface area (Å²) in [4.78, 5) is 41.4. The van der Waals surface area contributed by atoms with Crippen LogP contribution in [0.4, 0.5) is 14.9 Å². The van der Waals surface area contributed by atoms with E-state index in [1.54, 1.807) is 24.3 Å². The minimum Gasteiger partial charge on any atom is -0.442 e. The van der Waals surface area contributed by atoms with Gasteiger partial charge in [-0.2, -0.15) is 0 Å². The minimum atomic E-state index is -0.618. The maximum Gasteiger partial charge on any atom is 0.414 e. The normalized spacial score (nSPS) is 15.2. The second-order valence-corrected chi connectivity index (χ2v) is 8.44. The lowest BCUT2D eigenvalue weighted by molar-refractivity contribution is -0.119. The topological polar surface area (TPSA) is 165 Å². The van der Waals surface area contributed by atoms with Gasteiger partial charge in [0.1, 0.15) is 17.6 Å². The van der Waals surface area contributed by atoms with Gasteiger partial charge >= 0.3 is 6.09 Å². The third kappa shape index (κ3) is 7.70. The Morgan fingerprint density at radius 2 is 2.00 bits per heavy atom. The number of pyridine rings is 1. The number of rotatable bonds is 12. The molecule has 0 bridgehead atoms. The highest BCUT2D eigenvalue weighted by molar-refractivity contribution is 5.93. The van der Waals surface area contributed by atoms with E-state index in [9.17, 15) is 14.4 Å². The second-order valence-electron chi connectivity index (χ2n) is 8.44. The molecule has 1 aliphatic rings. The van der Waals surface area contributed by atoms with Crippen molar-refractivity contribution in [2.24, 2.45) is 11.5 Å². The molecule has 1 aromatic heterocycles. The molecular formula is C24H32FN7O4. The summed E-state index contributed by atoms with van der Waals surface area (Å²) < 4.78 is 20.2. The fraction of sp³-hybridized carbons (Fsp3) is 0.417. The fourth-order valence-corrected chi connectivity index (χ4v) is 3.59. The monoisotopic (exact) mass is 501 g/mol. The van der Waals surface area contributed by atoms with Crippen LogP contribution in [0.5, 0.6) is 0 Å². The first-order valence-corrected chi connectivity index (χ1v) is 11.7. The third-order valence-electron chi connectivity index (χ3n) is 5.45. The van der Waals surface area contributed by atoms with Gasteiger partial charge in [0, 0.05) is 19.0 Å². The summed E-state index contributed by atoms with van der Waals surface area (Å²) in [7, 11) is 0. The van der Waals surface area contributed by atoms with E-state index in [4.69, 9.17) is 16.2 Å². The third-order valence-corrected chi connectivity index (χ3v) is 5.45. The van der Waals surface area contributed by atoms with Crippen molar-refractivity contribution in [3.8, 4) is 11.3 Å². The zero-order chi connectivity index (χ0) is 26.1. The Balaban J connectivity index is 1.58. The van der Waals surface area contributed by atoms with Gasteiger partial charge in [-0.05, 0) is 56.3 Å². The smallest absolute Gasteiger partial charge is 0.414 e. The van der Waals surface area contributed by atoms with E-state index in [1.807, 2.05) is 0 Å². The fourth-order valence-electron chi connectivity index (χ4n) is 3.59. The molecule has 1 aromatic carbocycles. The Kier molecular flexibility index (Phi) is 9.68. The summed E-state index contributed by atoms with van der Waals surface area (Å²) in [6.45, 7) is 3.59. The Labute approximate surface area is 208 Å². The van der Waals surface area contributed by atoms with Crippen LogP contribution in [0.3, 0.4) is 0 Å². The van der Waals surface area contributed by atoms with Gasteiger partial charge in [0.2, 0.25) is 5.91 Å². The molecule has 36 heavy (non-hydrogen) atoms. The lowest BCUT2D eigenvalue weighted by atomic mass is 10.1. The van der Waals surface area contributed by atoms with E-state index >= 15 is 4.39 Å². The first-order valence-electron chi connectivity index (χ1n) is 11.7. The van der Waals surface area contributed by atoms with Crippen LogP contribution < -0.4 is 32.3 Å². The number of carbonyl (C=O) groups is 3. The van der Waals surface area contributed by atoms with Crippen LogP contribution in [0, 0.1) is 5.82 Å². The number of hydrogen-bond acceptors (Lipinski definition) is 8. The molecule has 0 spiro atoms. The molecule has 0 radical (unpaired) electrons. The molecule has 0 unspecified atom stereocenters. The molecule has 2 aromatic rings. The van der Waals surface area contributed by atoms with Crippen molar-refractivity contribution in [3.63, 3.8) is 0 Å². The van der Waals surface area contributed by atoms with Crippen LogP contribution in [0.15, 0.2) is 36.4 Å². The Morgan fingerprint density at radius 3 is 2.72 bits per heavy atom. The molecule has 1 aliphatic heterocycles. The average molecular weight is 502 g/mol. The molecule has 12 heteroatoms. The molecule has 3 rings (SSSR count). The van der Waals surface area contributed by atoms with Gasteiger partial charge in [-0.15, -0.1) is 0 Å². The minimum absolute atomic E-state index is 0.168. The number of hydrogen-bond donors (Lipinski definition) is 5. The maximum atomic E-state index is 15.0. The van der Waals surface area contributed by atoms with Crippen LogP contribution >= 0.6 is 0 Å². The predicted octanol–water partition coefficient (Wildman–Crippen LogP) is 0.692. The SMILES string of the molecule is CC(=O)NC[C@H]1CN(c2ccc(-c3cccc(C(=O)NCCCNCCC(N)N)n3)c(F)c2)C(=O)O1. The lowest BCUT2D eigenvalue weighted by Gasteiger charge is -2.14. The van der Waals surface area contributed by atoms with E-state index in [2.05, 4.69) is 20.9 Å². The summed E-state index contributed by atoms with van der Waals surface area (Å²) in [5, 5.41) is 8.58. The summed E-state index contributed by atoms with van der Waals surface area (Å²) in [5.41, 5.74) is 11.9. The van der Waals surface area contributed by atoms with Gasteiger partial charge in [-0.3, -0.25) is 14.5 Å². The van der Waals surface area contributed by atoms with Gasteiger partial charge in [0.15, 0.2) is 0 Å². The summed E-state index contributed by atoms with van der Waals surface area (Å²) in [6.07, 6.45) is -0.108. The first kappa shape index (κ1) is 27.0. The van der Waals surface area contributed by atoms with Gasteiger partial charge in [-0.1, -0.05) is 6.07 Å². The van der Waals surface area contributed by atoms with Gasteiger partial charge in [0.05, 0.1) is 30.6 Å². The Bertz CT molecular complexity index is 1080. The number of nitrogens with zero attached hydrogens (tertiary/aromatic N) is 2. The quantitative estimate of drug-likeness (QED) is 0.209. The summed E-state index contributed by atoms with van der Waals surface area (Å²) in [5.74, 6) is -1.19. The molecule has 7 N–H and O–H groups in total. The molecule has 194 valence electrons. The van der Waals surface area contributed by atoms with Crippen molar-refractivity contribution < 1.29 is 23.5 Å². The van der Waals surface area contributed by atoms with Crippen molar-refractivity contribution in [1.82, 2.24) is 20.9 Å². The van der Waals surface area contributed by atoms with Crippen LogP contribution in [-0.4, -0.2) is 67.9 Å². The van der Waals surface area contributed by atoms with Crippen molar-refractivity contribution in [2.75, 3.05) is 37.6 Å². The van der Waals surface area contributed by atoms with E-state index in [-0.39, 0.29) is 42.3 Å². The van der Waals surface area contributed by atoms with Crippen LogP contribution in [0.2, 0.25) is 0 Å². The summed E-state index contributed by atoms with van der Waals surface area (Å²) >= 11 is 0. The van der Waals surface area contributed by atoms with E-state index in [0.717, 1.165) is 0 Å². The number of nitrogens with two attached hydrogens (primary N) is 2. The molecule has 11 nitrogen and oxygen atoms in total. The zero-order valence-electron chi connectivity index (χ0n) is 20.1. The number of halogens is 1. The van der Waals surface area contributed by atoms with Gasteiger partial charge in [0.25, 0.3) is 5.91 Å². The van der Waals surface area contributed by atoms with Crippen LogP contribution in [-0.2, 0) is 9.53 Å². The number of anilines is 1. The zero-order valence-corrected chi connectivity index (χ0v) is 20.1. The van der Waals surface area contributed by atoms with E-state index in [1.165, 1.54) is 24.0 Å². The number of ether oxygens (including phenoxy) is 1. The van der Waals surface area contributed by atoms with Crippen LogP contribution in [0.1, 0.15) is 30.3 Å². The first-order chi connectivity index (χ1) is 17.2. The van der Waals surface area contributed by atoms with Gasteiger partial charge < -0.3 is 32.2 Å². The Hall–Kier alpha value is -3.61. The second kappa shape index (κ2) is 12.9. The average Bonchev–Trinajstić information content (AvgIpc) is 3.22. The molecular weight excluding hydrogens is 469 g/mol. The summed E-state index contributed by atoms with van der Waals surface area (Å²) in [6, 6.07) is 9.10. The largest absolute Gasteiger partial charge is 0.442 e. The number of nitrogens with one attached hydrogen (secondary N) is 3. The van der Waals surface area contributed by atoms with E-state index in [0.29, 0.717) is 43.9 Å². The predicted molar refractivity (Wildman–Crippen MR) is 133 cm³/mol. The maximum absolute atomic E-state index is 15.0. The van der Waals surface area contributed by atoms with Crippen molar-refractivity contribution in [3.05, 3.63) is 47.9 Å². The highest BCUT2D eigenvalue weighted by atomic mass is 19.1. The van der Waals surface area contributed by atoms with Gasteiger partial charge in [-0.25, -0.2) is 14.2 Å². The highest BCUT2D eigenvalue weighted by Crippen LogP contribution is 2.28. The number of cyclic esters (lactones) is 1. The molecule has 1 saturated heterocycles. The number of benzene rings is 1. The van der Waals surface area contributed by atoms with Crippen LogP contribution in [0.25, 0.3) is 11.3 Å². The number of amides is 3. The standard InChI is InChI=1S/C24H32FN7O4/c1-15(33)30-13-17-14-32(24(35)36-17)16-6-7-18(19(25)12-16)20-4-2-5-21(31-20)23(34)29-10-3-9-28-11-8-22(26)27/h2,4-7,12,17,22,28H,3,8-11,13-14,26-27H2,1H3,(H,29,34)(H,30,33)/t17-/m0/s1. The molecule has 0 aliphatic carbocycles. The Morgan fingerprint density at radius 1 is 1.19 bits per heavy atom. The molecule has 1 atom stereocenters. The molecule has 3 amide bonds. The lowest BCUT2D eigenvalue weighted by Crippen LogP contribution is -2.35.